The normalized spacial score (nSPS) is 10.1. The van der Waals surface area contributed by atoms with Crippen molar-refractivity contribution in [2.45, 2.75) is 6.54 Å². The molecule has 0 aliphatic rings. The molecule has 0 fully saturated rings. The number of imidazole rings is 1. The van der Waals surface area contributed by atoms with Crippen LogP contribution in [0.15, 0.2) is 24.7 Å². The fourth-order valence-electron chi connectivity index (χ4n) is 1.63. The number of aromatic carboxylic acids is 1. The fraction of sp³-hybridized carbons (Fsp3) is 0.167. The van der Waals surface area contributed by atoms with Gasteiger partial charge in [-0.05, 0) is 6.07 Å². The topological polar surface area (TPSA) is 117 Å². The average molecular weight is 276 g/mol. The van der Waals surface area contributed by atoms with Gasteiger partial charge in [0, 0.05) is 18.3 Å². The highest BCUT2D eigenvalue weighted by Crippen LogP contribution is 2.13. The lowest BCUT2D eigenvalue weighted by molar-refractivity contribution is 0.0685. The molecule has 2 rings (SSSR count). The third-order valence-corrected chi connectivity index (χ3v) is 2.55. The minimum Gasteiger partial charge on any atom is -0.481 e. The van der Waals surface area contributed by atoms with Crippen LogP contribution in [0.4, 0.5) is 0 Å². The zero-order valence-corrected chi connectivity index (χ0v) is 10.6. The molecule has 0 bridgehead atoms. The Labute approximate surface area is 113 Å². The molecule has 0 spiro atoms. The van der Waals surface area contributed by atoms with Crippen molar-refractivity contribution in [1.29, 1.82) is 0 Å². The summed E-state index contributed by atoms with van der Waals surface area (Å²) in [6, 6.07) is 3.45. The molecule has 0 radical (unpaired) electrons. The lowest BCUT2D eigenvalue weighted by Gasteiger charge is -2.07. The number of amides is 1. The maximum absolute atomic E-state index is 11.9. The van der Waals surface area contributed by atoms with Crippen LogP contribution in [0.3, 0.4) is 0 Å². The van der Waals surface area contributed by atoms with E-state index in [1.165, 1.54) is 7.11 Å². The molecule has 2 aromatic rings. The highest BCUT2D eigenvalue weighted by Gasteiger charge is 2.19. The number of methoxy groups -OCH3 is 1. The number of carbonyl (C=O) groups is 2. The van der Waals surface area contributed by atoms with E-state index < -0.39 is 11.9 Å². The van der Waals surface area contributed by atoms with Gasteiger partial charge in [-0.3, -0.25) is 4.79 Å². The Kier molecular flexibility index (Phi) is 3.94. The Balaban J connectivity index is 2.09. The van der Waals surface area contributed by atoms with Crippen molar-refractivity contribution < 1.29 is 19.4 Å². The first-order valence-electron chi connectivity index (χ1n) is 5.66. The van der Waals surface area contributed by atoms with Crippen molar-refractivity contribution in [3.05, 3.63) is 41.6 Å². The Hall–Kier alpha value is -2.90. The Morgan fingerprint density at radius 1 is 1.45 bits per heavy atom. The lowest BCUT2D eigenvalue weighted by Crippen LogP contribution is -2.25. The molecular weight excluding hydrogens is 264 g/mol. The molecule has 0 aromatic carbocycles. The molecular formula is C12H12N4O4. The van der Waals surface area contributed by atoms with Crippen LogP contribution in [0.5, 0.6) is 5.88 Å². The number of carboxylic acid groups (broad SMARTS) is 1. The Morgan fingerprint density at radius 3 is 2.95 bits per heavy atom. The number of carboxylic acids is 1. The maximum Gasteiger partial charge on any atom is 0.354 e. The van der Waals surface area contributed by atoms with E-state index in [1.54, 1.807) is 18.3 Å². The first-order valence-corrected chi connectivity index (χ1v) is 5.66. The van der Waals surface area contributed by atoms with E-state index in [0.717, 1.165) is 6.33 Å². The number of aromatic amines is 1. The largest absolute Gasteiger partial charge is 0.481 e. The number of carbonyl (C=O) groups excluding carboxylic acids is 1. The predicted molar refractivity (Wildman–Crippen MR) is 67.5 cm³/mol. The second-order valence-electron chi connectivity index (χ2n) is 3.79. The lowest BCUT2D eigenvalue weighted by atomic mass is 10.2. The second kappa shape index (κ2) is 5.83. The summed E-state index contributed by atoms with van der Waals surface area (Å²) in [5.41, 5.74) is 0.261. The van der Waals surface area contributed by atoms with Crippen molar-refractivity contribution in [2.24, 2.45) is 0 Å². The van der Waals surface area contributed by atoms with Crippen LogP contribution in [0.1, 0.15) is 26.5 Å². The quantitative estimate of drug-likeness (QED) is 0.729. The summed E-state index contributed by atoms with van der Waals surface area (Å²) in [6.45, 7) is 0.155. The molecule has 3 N–H and O–H groups in total. The number of hydrogen-bond donors (Lipinski definition) is 3. The van der Waals surface area contributed by atoms with Gasteiger partial charge in [0.15, 0.2) is 11.4 Å². The summed E-state index contributed by atoms with van der Waals surface area (Å²) >= 11 is 0. The van der Waals surface area contributed by atoms with Gasteiger partial charge in [-0.1, -0.05) is 6.07 Å². The third-order valence-electron chi connectivity index (χ3n) is 2.55. The van der Waals surface area contributed by atoms with Gasteiger partial charge >= 0.3 is 5.97 Å². The van der Waals surface area contributed by atoms with Crippen LogP contribution >= 0.6 is 0 Å². The fourth-order valence-corrected chi connectivity index (χ4v) is 1.63. The molecule has 0 aliphatic heterocycles. The number of nitrogens with one attached hydrogen (secondary N) is 2. The van der Waals surface area contributed by atoms with Crippen LogP contribution in [-0.2, 0) is 6.54 Å². The summed E-state index contributed by atoms with van der Waals surface area (Å²) in [6.07, 6.45) is 2.73. The highest BCUT2D eigenvalue weighted by molar-refractivity contribution is 6.02. The summed E-state index contributed by atoms with van der Waals surface area (Å²) in [4.78, 5) is 32.9. The molecule has 1 amide bonds. The van der Waals surface area contributed by atoms with Gasteiger partial charge in [0.1, 0.15) is 0 Å². The molecule has 0 unspecified atom stereocenters. The molecule has 0 atom stereocenters. The monoisotopic (exact) mass is 276 g/mol. The van der Waals surface area contributed by atoms with Crippen LogP contribution in [0.25, 0.3) is 0 Å². The van der Waals surface area contributed by atoms with Gasteiger partial charge in [-0.2, -0.15) is 0 Å². The number of hydrogen-bond acceptors (Lipinski definition) is 5. The SMILES string of the molecule is COc1ncccc1CNC(=O)c1nc[nH]c1C(=O)O. The zero-order chi connectivity index (χ0) is 14.5. The Morgan fingerprint density at radius 2 is 2.25 bits per heavy atom. The van der Waals surface area contributed by atoms with E-state index in [-0.39, 0.29) is 17.9 Å². The number of nitrogens with zero attached hydrogens (tertiary/aromatic N) is 2. The number of pyridine rings is 1. The molecule has 2 aromatic heterocycles. The van der Waals surface area contributed by atoms with Crippen molar-refractivity contribution in [3.63, 3.8) is 0 Å². The molecule has 0 saturated heterocycles. The summed E-state index contributed by atoms with van der Waals surface area (Å²) in [5, 5.41) is 11.5. The van der Waals surface area contributed by atoms with E-state index >= 15 is 0 Å². The minimum atomic E-state index is -1.24. The summed E-state index contributed by atoms with van der Waals surface area (Å²) in [5.74, 6) is -1.44. The number of H-pyrrole nitrogens is 1. The zero-order valence-electron chi connectivity index (χ0n) is 10.6. The molecule has 2 heterocycles. The van der Waals surface area contributed by atoms with Crippen LogP contribution < -0.4 is 10.1 Å². The number of ether oxygens (including phenoxy) is 1. The molecule has 20 heavy (non-hydrogen) atoms. The maximum atomic E-state index is 11.9. The van der Waals surface area contributed by atoms with Crippen molar-refractivity contribution in [2.75, 3.05) is 7.11 Å². The van der Waals surface area contributed by atoms with E-state index in [9.17, 15) is 9.59 Å². The Bertz CT molecular complexity index is 638. The van der Waals surface area contributed by atoms with Gasteiger partial charge < -0.3 is 20.1 Å². The summed E-state index contributed by atoms with van der Waals surface area (Å²) in [7, 11) is 1.48. The van der Waals surface area contributed by atoms with Gasteiger partial charge in [0.05, 0.1) is 13.4 Å². The van der Waals surface area contributed by atoms with Crippen LogP contribution in [0, 0.1) is 0 Å². The van der Waals surface area contributed by atoms with Gasteiger partial charge in [-0.15, -0.1) is 0 Å². The van der Waals surface area contributed by atoms with Crippen molar-refractivity contribution in [1.82, 2.24) is 20.3 Å². The highest BCUT2D eigenvalue weighted by atomic mass is 16.5. The average Bonchev–Trinajstić information content (AvgIpc) is 2.94. The van der Waals surface area contributed by atoms with E-state index in [1.807, 2.05) is 0 Å². The van der Waals surface area contributed by atoms with Gasteiger partial charge in [0.25, 0.3) is 5.91 Å². The van der Waals surface area contributed by atoms with Gasteiger partial charge in [0.2, 0.25) is 5.88 Å². The predicted octanol–water partition coefficient (Wildman–Crippen LogP) is 0.441. The standard InChI is InChI=1S/C12H12N4O4/c1-20-11-7(3-2-4-13-11)5-14-10(17)8-9(12(18)19)16-6-15-8/h2-4,6H,5H2,1H3,(H,14,17)(H,15,16)(H,18,19). The molecule has 0 saturated carbocycles. The molecule has 8 heteroatoms. The first-order chi connectivity index (χ1) is 9.63. The van der Waals surface area contributed by atoms with Crippen molar-refractivity contribution in [3.8, 4) is 5.88 Å². The minimum absolute atomic E-state index is 0.155. The van der Waals surface area contributed by atoms with E-state index in [4.69, 9.17) is 9.84 Å². The molecule has 8 nitrogen and oxygen atoms in total. The smallest absolute Gasteiger partial charge is 0.354 e. The van der Waals surface area contributed by atoms with Crippen LogP contribution in [0.2, 0.25) is 0 Å². The van der Waals surface area contributed by atoms with E-state index in [2.05, 4.69) is 20.3 Å². The van der Waals surface area contributed by atoms with Crippen LogP contribution in [-0.4, -0.2) is 39.0 Å². The number of aromatic nitrogens is 3. The van der Waals surface area contributed by atoms with Gasteiger partial charge in [-0.25, -0.2) is 14.8 Å². The molecule has 0 aliphatic carbocycles. The first kappa shape index (κ1) is 13.5. The number of rotatable bonds is 5. The summed E-state index contributed by atoms with van der Waals surface area (Å²) < 4.78 is 5.05. The molecule has 104 valence electrons. The second-order valence-corrected chi connectivity index (χ2v) is 3.79. The van der Waals surface area contributed by atoms with Crippen molar-refractivity contribution >= 4 is 11.9 Å². The van der Waals surface area contributed by atoms with E-state index in [0.29, 0.717) is 11.4 Å². The third kappa shape index (κ3) is 2.74.